The monoisotopic (exact) mass is 263 g/mol. The largest absolute Gasteiger partial charge is 0.445 e. The molecule has 1 fully saturated rings. The highest BCUT2D eigenvalue weighted by Gasteiger charge is 2.30. The van der Waals surface area contributed by atoms with Gasteiger partial charge in [0.2, 0.25) is 0 Å². The molecule has 4 nitrogen and oxygen atoms in total. The molecule has 0 saturated heterocycles. The molecule has 0 radical (unpaired) electrons. The zero-order valence-corrected chi connectivity index (χ0v) is 11.2. The average Bonchev–Trinajstić information content (AvgIpc) is 2.84. The number of carbonyl (C=O) groups excluding carboxylic acids is 1. The Labute approximate surface area is 113 Å². The van der Waals surface area contributed by atoms with Crippen LogP contribution in [-0.2, 0) is 11.3 Å². The number of ether oxygens (including phenoxy) is 1. The zero-order valence-electron chi connectivity index (χ0n) is 11.2. The summed E-state index contributed by atoms with van der Waals surface area (Å²) in [5.41, 5.74) is 0.964. The van der Waals surface area contributed by atoms with E-state index in [1.165, 1.54) is 0 Å². The van der Waals surface area contributed by atoms with Crippen LogP contribution in [-0.4, -0.2) is 23.3 Å². The van der Waals surface area contributed by atoms with E-state index in [1.807, 2.05) is 37.3 Å². The first kappa shape index (κ1) is 13.9. The number of nitrogens with one attached hydrogen (secondary N) is 1. The summed E-state index contributed by atoms with van der Waals surface area (Å²) in [7, 11) is 0. The molecule has 19 heavy (non-hydrogen) atoms. The van der Waals surface area contributed by atoms with Gasteiger partial charge in [-0.25, -0.2) is 4.79 Å². The van der Waals surface area contributed by atoms with Crippen LogP contribution in [0.4, 0.5) is 4.79 Å². The van der Waals surface area contributed by atoms with Crippen LogP contribution in [0.5, 0.6) is 0 Å². The van der Waals surface area contributed by atoms with Gasteiger partial charge < -0.3 is 15.2 Å². The van der Waals surface area contributed by atoms with Crippen molar-refractivity contribution in [3.05, 3.63) is 35.9 Å². The number of aliphatic hydroxyl groups is 1. The third-order valence-corrected chi connectivity index (χ3v) is 3.73. The fraction of sp³-hybridized carbons (Fsp3) is 0.533. The Bertz CT molecular complexity index is 407. The molecule has 1 saturated carbocycles. The number of alkyl carbamates (subject to hydrolysis) is 1. The van der Waals surface area contributed by atoms with Gasteiger partial charge in [0, 0.05) is 12.0 Å². The van der Waals surface area contributed by atoms with Gasteiger partial charge >= 0.3 is 6.09 Å². The molecular weight excluding hydrogens is 242 g/mol. The van der Waals surface area contributed by atoms with Crippen LogP contribution in [0.15, 0.2) is 30.3 Å². The predicted molar refractivity (Wildman–Crippen MR) is 72.6 cm³/mol. The van der Waals surface area contributed by atoms with Gasteiger partial charge in [0.15, 0.2) is 0 Å². The molecule has 1 amide bonds. The standard InChI is InChI=1S/C15H21NO3/c1-11(13-8-5-9-14(13)17)16-15(18)19-10-12-6-3-2-4-7-12/h2-4,6-7,11,13-14,17H,5,8-10H2,1H3,(H,16,18)/t11-,13+,14+/m1/s1. The summed E-state index contributed by atoms with van der Waals surface area (Å²) in [5, 5.41) is 12.6. The second kappa shape index (κ2) is 6.57. The first-order valence-corrected chi connectivity index (χ1v) is 6.82. The summed E-state index contributed by atoms with van der Waals surface area (Å²) in [6.07, 6.45) is 2.09. The summed E-state index contributed by atoms with van der Waals surface area (Å²) >= 11 is 0. The molecule has 0 spiro atoms. The zero-order chi connectivity index (χ0) is 13.7. The van der Waals surface area contributed by atoms with Crippen LogP contribution >= 0.6 is 0 Å². The number of hydrogen-bond donors (Lipinski definition) is 2. The lowest BCUT2D eigenvalue weighted by atomic mass is 9.98. The lowest BCUT2D eigenvalue weighted by Crippen LogP contribution is -2.41. The molecule has 1 aromatic carbocycles. The maximum Gasteiger partial charge on any atom is 0.407 e. The Morgan fingerprint density at radius 3 is 2.79 bits per heavy atom. The third-order valence-electron chi connectivity index (χ3n) is 3.73. The number of amides is 1. The van der Waals surface area contributed by atoms with E-state index in [-0.39, 0.29) is 24.7 Å². The van der Waals surface area contributed by atoms with Gasteiger partial charge in [-0.1, -0.05) is 36.8 Å². The Morgan fingerprint density at radius 1 is 1.42 bits per heavy atom. The topological polar surface area (TPSA) is 58.6 Å². The minimum Gasteiger partial charge on any atom is -0.445 e. The van der Waals surface area contributed by atoms with E-state index in [1.54, 1.807) is 0 Å². The molecule has 1 aliphatic carbocycles. The third kappa shape index (κ3) is 3.96. The van der Waals surface area contributed by atoms with Crippen molar-refractivity contribution in [2.45, 2.75) is 44.9 Å². The number of rotatable bonds is 4. The van der Waals surface area contributed by atoms with Gasteiger partial charge in [-0.05, 0) is 25.3 Å². The van der Waals surface area contributed by atoms with Crippen molar-refractivity contribution in [3.8, 4) is 0 Å². The van der Waals surface area contributed by atoms with Crippen LogP contribution < -0.4 is 5.32 Å². The van der Waals surface area contributed by atoms with Crippen molar-refractivity contribution >= 4 is 6.09 Å². The molecular formula is C15H21NO3. The minimum absolute atomic E-state index is 0.0548. The van der Waals surface area contributed by atoms with Crippen molar-refractivity contribution in [2.24, 2.45) is 5.92 Å². The molecule has 3 atom stereocenters. The van der Waals surface area contributed by atoms with Crippen LogP contribution in [0.3, 0.4) is 0 Å². The van der Waals surface area contributed by atoms with E-state index < -0.39 is 6.09 Å². The van der Waals surface area contributed by atoms with Crippen molar-refractivity contribution < 1.29 is 14.6 Å². The van der Waals surface area contributed by atoms with E-state index in [9.17, 15) is 9.90 Å². The summed E-state index contributed by atoms with van der Waals surface area (Å²) in [6.45, 7) is 2.19. The van der Waals surface area contributed by atoms with Crippen LogP contribution in [0.2, 0.25) is 0 Å². The molecule has 0 bridgehead atoms. The van der Waals surface area contributed by atoms with Gasteiger partial charge in [0.25, 0.3) is 0 Å². The van der Waals surface area contributed by atoms with Gasteiger partial charge in [-0.3, -0.25) is 0 Å². The van der Waals surface area contributed by atoms with E-state index in [0.717, 1.165) is 24.8 Å². The molecule has 2 rings (SSSR count). The predicted octanol–water partition coefficient (Wildman–Crippen LogP) is 2.46. The van der Waals surface area contributed by atoms with Crippen molar-refractivity contribution in [3.63, 3.8) is 0 Å². The molecule has 0 aromatic heterocycles. The van der Waals surface area contributed by atoms with Crippen LogP contribution in [0, 0.1) is 5.92 Å². The first-order chi connectivity index (χ1) is 9.16. The molecule has 0 heterocycles. The highest BCUT2D eigenvalue weighted by molar-refractivity contribution is 5.67. The number of benzene rings is 1. The van der Waals surface area contributed by atoms with Crippen molar-refractivity contribution in [1.29, 1.82) is 0 Å². The molecule has 1 aliphatic rings. The number of carbonyl (C=O) groups is 1. The summed E-state index contributed by atoms with van der Waals surface area (Å²) in [6, 6.07) is 9.52. The molecule has 4 heteroatoms. The molecule has 1 aromatic rings. The minimum atomic E-state index is -0.421. The van der Waals surface area contributed by atoms with Gasteiger partial charge in [-0.2, -0.15) is 0 Å². The van der Waals surface area contributed by atoms with Crippen LogP contribution in [0.1, 0.15) is 31.7 Å². The lowest BCUT2D eigenvalue weighted by Gasteiger charge is -2.23. The highest BCUT2D eigenvalue weighted by Crippen LogP contribution is 2.28. The Balaban J connectivity index is 1.75. The SMILES string of the molecule is C[C@@H](NC(=O)OCc1ccccc1)[C@@H]1CCC[C@@H]1O. The van der Waals surface area contributed by atoms with E-state index in [2.05, 4.69) is 5.32 Å². The Morgan fingerprint density at radius 2 is 2.16 bits per heavy atom. The second-order valence-corrected chi connectivity index (χ2v) is 5.16. The average molecular weight is 263 g/mol. The quantitative estimate of drug-likeness (QED) is 0.877. The fourth-order valence-corrected chi connectivity index (χ4v) is 2.61. The van der Waals surface area contributed by atoms with E-state index in [4.69, 9.17) is 4.74 Å². The summed E-state index contributed by atoms with van der Waals surface area (Å²) < 4.78 is 5.16. The Hall–Kier alpha value is -1.55. The maximum absolute atomic E-state index is 11.7. The van der Waals surface area contributed by atoms with Crippen molar-refractivity contribution in [1.82, 2.24) is 5.32 Å². The Kier molecular flexibility index (Phi) is 4.80. The molecule has 0 unspecified atom stereocenters. The van der Waals surface area contributed by atoms with Crippen molar-refractivity contribution in [2.75, 3.05) is 0 Å². The van der Waals surface area contributed by atoms with E-state index in [0.29, 0.717) is 0 Å². The first-order valence-electron chi connectivity index (χ1n) is 6.82. The molecule has 0 aliphatic heterocycles. The summed E-state index contributed by atoms with van der Waals surface area (Å²) in [4.78, 5) is 11.7. The summed E-state index contributed by atoms with van der Waals surface area (Å²) in [5.74, 6) is 0.143. The molecule has 2 N–H and O–H groups in total. The van der Waals surface area contributed by atoms with Gasteiger partial charge in [0.05, 0.1) is 6.10 Å². The lowest BCUT2D eigenvalue weighted by molar-refractivity contribution is 0.101. The smallest absolute Gasteiger partial charge is 0.407 e. The molecule has 104 valence electrons. The number of hydrogen-bond acceptors (Lipinski definition) is 3. The number of aliphatic hydroxyl groups excluding tert-OH is 1. The maximum atomic E-state index is 11.7. The normalized spacial score (nSPS) is 23.9. The van der Waals surface area contributed by atoms with E-state index >= 15 is 0 Å². The van der Waals surface area contributed by atoms with Gasteiger partial charge in [-0.15, -0.1) is 0 Å². The fourth-order valence-electron chi connectivity index (χ4n) is 2.61. The van der Waals surface area contributed by atoms with Gasteiger partial charge in [0.1, 0.15) is 6.61 Å². The highest BCUT2D eigenvalue weighted by atomic mass is 16.5. The van der Waals surface area contributed by atoms with Crippen LogP contribution in [0.25, 0.3) is 0 Å². The second-order valence-electron chi connectivity index (χ2n) is 5.16.